The number of hydrogen-bond acceptors (Lipinski definition) is 5. The van der Waals surface area contributed by atoms with Crippen LogP contribution >= 0.6 is 11.3 Å². The molecule has 1 heterocycles. The van der Waals surface area contributed by atoms with E-state index in [0.29, 0.717) is 17.3 Å². The number of rotatable bonds is 7. The fourth-order valence-electron chi connectivity index (χ4n) is 2.72. The van der Waals surface area contributed by atoms with Gasteiger partial charge in [0, 0.05) is 16.5 Å². The number of aryl methyl sites for hydroxylation is 2. The van der Waals surface area contributed by atoms with Crippen molar-refractivity contribution in [3.63, 3.8) is 0 Å². The Balaban J connectivity index is 1.59. The number of anilines is 1. The van der Waals surface area contributed by atoms with E-state index in [-0.39, 0.29) is 18.4 Å². The molecule has 2 aromatic carbocycles. The maximum absolute atomic E-state index is 12.2. The van der Waals surface area contributed by atoms with Gasteiger partial charge in [-0.3, -0.25) is 9.59 Å². The van der Waals surface area contributed by atoms with Crippen LogP contribution in [0.3, 0.4) is 0 Å². The Morgan fingerprint density at radius 1 is 1.10 bits per heavy atom. The second-order valence-electron chi connectivity index (χ2n) is 6.50. The predicted octanol–water partition coefficient (Wildman–Crippen LogP) is 4.19. The van der Waals surface area contributed by atoms with Crippen molar-refractivity contribution in [2.24, 2.45) is 0 Å². The van der Waals surface area contributed by atoms with Gasteiger partial charge in [-0.1, -0.05) is 18.2 Å². The molecule has 2 amide bonds. The highest BCUT2D eigenvalue weighted by Crippen LogP contribution is 2.32. The second kappa shape index (κ2) is 9.34. The molecule has 0 saturated carbocycles. The largest absolute Gasteiger partial charge is 0.493 e. The van der Waals surface area contributed by atoms with Crippen molar-refractivity contribution in [3.05, 3.63) is 64.5 Å². The molecule has 3 rings (SSSR count). The zero-order chi connectivity index (χ0) is 20.8. The standard InChI is InChI=1S/C22H23N3O3S/c1-4-28-19-8-6-5-7-17(19)18-13-29-22(24-18)25-20(26)12-23-21(27)16-10-9-14(2)15(3)11-16/h5-11,13H,4,12H2,1-3H3,(H,23,27)(H,24,25,26). The molecule has 1 aromatic heterocycles. The number of nitrogens with one attached hydrogen (secondary N) is 2. The van der Waals surface area contributed by atoms with Crippen molar-refractivity contribution in [1.29, 1.82) is 0 Å². The minimum absolute atomic E-state index is 0.129. The lowest BCUT2D eigenvalue weighted by atomic mass is 10.1. The van der Waals surface area contributed by atoms with Crippen LogP contribution in [0.2, 0.25) is 0 Å². The molecule has 0 aliphatic rings. The fourth-order valence-corrected chi connectivity index (χ4v) is 3.45. The lowest BCUT2D eigenvalue weighted by Gasteiger charge is -2.08. The van der Waals surface area contributed by atoms with Gasteiger partial charge in [0.15, 0.2) is 5.13 Å². The Hall–Kier alpha value is -3.19. The Bertz CT molecular complexity index is 1030. The van der Waals surface area contributed by atoms with Gasteiger partial charge in [0.1, 0.15) is 5.75 Å². The monoisotopic (exact) mass is 409 g/mol. The van der Waals surface area contributed by atoms with Gasteiger partial charge >= 0.3 is 0 Å². The van der Waals surface area contributed by atoms with Crippen molar-refractivity contribution >= 4 is 28.3 Å². The predicted molar refractivity (Wildman–Crippen MR) is 116 cm³/mol. The molecule has 0 fully saturated rings. The van der Waals surface area contributed by atoms with Crippen molar-refractivity contribution < 1.29 is 14.3 Å². The quantitative estimate of drug-likeness (QED) is 0.613. The number of thiazole rings is 1. The Morgan fingerprint density at radius 3 is 2.66 bits per heavy atom. The van der Waals surface area contributed by atoms with Crippen LogP contribution in [-0.2, 0) is 4.79 Å². The molecule has 0 spiro atoms. The van der Waals surface area contributed by atoms with Gasteiger partial charge in [-0.15, -0.1) is 11.3 Å². The summed E-state index contributed by atoms with van der Waals surface area (Å²) >= 11 is 1.32. The summed E-state index contributed by atoms with van der Waals surface area (Å²) in [4.78, 5) is 28.9. The van der Waals surface area contributed by atoms with Gasteiger partial charge < -0.3 is 15.4 Å². The zero-order valence-corrected chi connectivity index (χ0v) is 17.4. The molecule has 0 saturated heterocycles. The van der Waals surface area contributed by atoms with E-state index in [1.807, 2.05) is 62.5 Å². The minimum Gasteiger partial charge on any atom is -0.493 e. The molecular formula is C22H23N3O3S. The summed E-state index contributed by atoms with van der Waals surface area (Å²) in [5.41, 5.74) is 4.28. The van der Waals surface area contributed by atoms with E-state index in [1.165, 1.54) is 11.3 Å². The lowest BCUT2D eigenvalue weighted by molar-refractivity contribution is -0.115. The first-order valence-corrected chi connectivity index (χ1v) is 10.2. The summed E-state index contributed by atoms with van der Waals surface area (Å²) in [5, 5.41) is 7.69. The van der Waals surface area contributed by atoms with Crippen LogP contribution in [0.25, 0.3) is 11.3 Å². The molecule has 0 bridgehead atoms. The summed E-state index contributed by atoms with van der Waals surface area (Å²) in [6.45, 7) is 6.29. The van der Waals surface area contributed by atoms with E-state index in [4.69, 9.17) is 4.74 Å². The number of carbonyl (C=O) groups excluding carboxylic acids is 2. The normalized spacial score (nSPS) is 10.4. The molecular weight excluding hydrogens is 386 g/mol. The van der Waals surface area contributed by atoms with Crippen molar-refractivity contribution in [2.75, 3.05) is 18.5 Å². The molecule has 0 atom stereocenters. The molecule has 0 aliphatic carbocycles. The molecule has 2 N–H and O–H groups in total. The summed E-state index contributed by atoms with van der Waals surface area (Å²) in [7, 11) is 0. The first kappa shape index (κ1) is 20.5. The summed E-state index contributed by atoms with van der Waals surface area (Å²) < 4.78 is 5.63. The number of aromatic nitrogens is 1. The molecule has 0 unspecified atom stereocenters. The van der Waals surface area contributed by atoms with Crippen molar-refractivity contribution in [1.82, 2.24) is 10.3 Å². The number of para-hydroxylation sites is 1. The van der Waals surface area contributed by atoms with E-state index in [9.17, 15) is 9.59 Å². The third kappa shape index (κ3) is 5.20. The maximum atomic E-state index is 12.2. The van der Waals surface area contributed by atoms with Crippen LogP contribution in [0.15, 0.2) is 47.8 Å². The summed E-state index contributed by atoms with van der Waals surface area (Å²) in [6, 6.07) is 13.1. The Morgan fingerprint density at radius 2 is 1.90 bits per heavy atom. The van der Waals surface area contributed by atoms with E-state index in [1.54, 1.807) is 6.07 Å². The molecule has 150 valence electrons. The second-order valence-corrected chi connectivity index (χ2v) is 7.36. The summed E-state index contributed by atoms with van der Waals surface area (Å²) in [5.74, 6) is 0.133. The van der Waals surface area contributed by atoms with Gasteiger partial charge in [0.25, 0.3) is 5.91 Å². The third-order valence-electron chi connectivity index (χ3n) is 4.39. The number of carbonyl (C=O) groups is 2. The number of amides is 2. The topological polar surface area (TPSA) is 80.3 Å². The van der Waals surface area contributed by atoms with E-state index >= 15 is 0 Å². The van der Waals surface area contributed by atoms with Gasteiger partial charge in [0.2, 0.25) is 5.91 Å². The number of benzene rings is 2. The minimum atomic E-state index is -0.332. The highest BCUT2D eigenvalue weighted by Gasteiger charge is 2.13. The third-order valence-corrected chi connectivity index (χ3v) is 5.15. The first-order valence-electron chi connectivity index (χ1n) is 9.31. The average Bonchev–Trinajstić information content (AvgIpc) is 3.17. The van der Waals surface area contributed by atoms with Crippen molar-refractivity contribution in [3.8, 4) is 17.0 Å². The highest BCUT2D eigenvalue weighted by atomic mass is 32.1. The van der Waals surface area contributed by atoms with Crippen molar-refractivity contribution in [2.45, 2.75) is 20.8 Å². The molecule has 0 aliphatic heterocycles. The SMILES string of the molecule is CCOc1ccccc1-c1csc(NC(=O)CNC(=O)c2ccc(C)c(C)c2)n1. The maximum Gasteiger partial charge on any atom is 0.251 e. The first-order chi connectivity index (χ1) is 14.0. The van der Waals surface area contributed by atoms with Gasteiger partial charge in [0.05, 0.1) is 18.8 Å². The zero-order valence-electron chi connectivity index (χ0n) is 16.6. The van der Waals surface area contributed by atoms with Crippen LogP contribution in [0.5, 0.6) is 5.75 Å². The van der Waals surface area contributed by atoms with Gasteiger partial charge in [-0.25, -0.2) is 4.98 Å². The van der Waals surface area contributed by atoms with Gasteiger partial charge in [-0.05, 0) is 56.2 Å². The highest BCUT2D eigenvalue weighted by molar-refractivity contribution is 7.14. The van der Waals surface area contributed by atoms with E-state index in [2.05, 4.69) is 15.6 Å². The molecule has 0 radical (unpaired) electrons. The van der Waals surface area contributed by atoms with Crippen LogP contribution in [0.1, 0.15) is 28.4 Å². The van der Waals surface area contributed by atoms with Crippen LogP contribution in [0, 0.1) is 13.8 Å². The molecule has 29 heavy (non-hydrogen) atoms. The molecule has 3 aromatic rings. The molecule has 6 nitrogen and oxygen atoms in total. The smallest absolute Gasteiger partial charge is 0.251 e. The van der Waals surface area contributed by atoms with Crippen LogP contribution < -0.4 is 15.4 Å². The Labute approximate surface area is 173 Å². The summed E-state index contributed by atoms with van der Waals surface area (Å²) in [6.07, 6.45) is 0. The number of nitrogens with zero attached hydrogens (tertiary/aromatic N) is 1. The Kier molecular flexibility index (Phi) is 6.61. The van der Waals surface area contributed by atoms with E-state index in [0.717, 1.165) is 28.1 Å². The van der Waals surface area contributed by atoms with Gasteiger partial charge in [-0.2, -0.15) is 0 Å². The number of hydrogen-bond donors (Lipinski definition) is 2. The molecule has 7 heteroatoms. The van der Waals surface area contributed by atoms with E-state index < -0.39 is 0 Å². The fraction of sp³-hybridized carbons (Fsp3) is 0.227. The lowest BCUT2D eigenvalue weighted by Crippen LogP contribution is -2.32. The van der Waals surface area contributed by atoms with Crippen LogP contribution in [0.4, 0.5) is 5.13 Å². The van der Waals surface area contributed by atoms with Crippen LogP contribution in [-0.4, -0.2) is 29.9 Å². The number of ether oxygens (including phenoxy) is 1. The average molecular weight is 410 g/mol.